The molecule has 2 aliphatic rings. The third-order valence-electron chi connectivity index (χ3n) is 5.00. The van der Waals surface area contributed by atoms with Crippen molar-refractivity contribution in [3.05, 3.63) is 46.8 Å². The van der Waals surface area contributed by atoms with Crippen LogP contribution < -0.4 is 5.32 Å². The van der Waals surface area contributed by atoms with Gasteiger partial charge in [0.1, 0.15) is 11.8 Å². The number of benzene rings is 1. The van der Waals surface area contributed by atoms with Crippen molar-refractivity contribution in [1.29, 1.82) is 5.26 Å². The lowest BCUT2D eigenvalue weighted by Crippen LogP contribution is -2.23. The Labute approximate surface area is 151 Å². The molecule has 1 aromatic carbocycles. The van der Waals surface area contributed by atoms with Gasteiger partial charge in [-0.3, -0.25) is 9.48 Å². The van der Waals surface area contributed by atoms with Crippen LogP contribution in [0.3, 0.4) is 0 Å². The molecule has 0 bridgehead atoms. The van der Waals surface area contributed by atoms with E-state index in [4.69, 9.17) is 0 Å². The smallest absolute Gasteiger partial charge is 0.274 e. The van der Waals surface area contributed by atoms with Crippen LogP contribution in [0.25, 0.3) is 0 Å². The van der Waals surface area contributed by atoms with Crippen LogP contribution in [0, 0.1) is 11.3 Å². The average molecular weight is 370 g/mol. The lowest BCUT2D eigenvalue weighted by atomic mass is 10.1. The van der Waals surface area contributed by atoms with E-state index in [1.165, 1.54) is 0 Å². The summed E-state index contributed by atoms with van der Waals surface area (Å²) in [6, 6.07) is 8.56. The summed E-state index contributed by atoms with van der Waals surface area (Å²) in [4.78, 5) is 13.0. The van der Waals surface area contributed by atoms with Gasteiger partial charge in [0, 0.05) is 5.56 Å². The number of rotatable bonds is 3. The van der Waals surface area contributed by atoms with Crippen LogP contribution in [0.1, 0.15) is 46.2 Å². The highest BCUT2D eigenvalue weighted by Gasteiger charge is 2.35. The molecule has 4 rings (SSSR count). The number of nitrogens with zero attached hydrogens (tertiary/aromatic N) is 3. The normalized spacial score (nSPS) is 20.5. The summed E-state index contributed by atoms with van der Waals surface area (Å²) in [5.74, 6) is -0.198. The number of fused-ring (bicyclic) bond motifs is 1. The van der Waals surface area contributed by atoms with Crippen molar-refractivity contribution in [3.63, 3.8) is 0 Å². The van der Waals surface area contributed by atoms with Crippen molar-refractivity contribution < 1.29 is 13.2 Å². The van der Waals surface area contributed by atoms with E-state index in [0.29, 0.717) is 23.4 Å². The molecule has 0 saturated carbocycles. The maximum Gasteiger partial charge on any atom is 0.274 e. The number of sulfone groups is 1. The third-order valence-corrected chi connectivity index (χ3v) is 6.75. The molecule has 2 heterocycles. The largest absolute Gasteiger partial charge is 0.319 e. The summed E-state index contributed by atoms with van der Waals surface area (Å²) < 4.78 is 25.3. The number of aromatic nitrogens is 2. The number of aryl methyl sites for hydroxylation is 1. The van der Waals surface area contributed by atoms with Crippen LogP contribution in [0.2, 0.25) is 0 Å². The Balaban J connectivity index is 1.71. The van der Waals surface area contributed by atoms with Crippen molar-refractivity contribution >= 4 is 21.4 Å². The molecular weight excluding hydrogens is 352 g/mol. The lowest BCUT2D eigenvalue weighted by molar-refractivity contribution is 0.101. The highest BCUT2D eigenvalue weighted by atomic mass is 32.2. The fourth-order valence-electron chi connectivity index (χ4n) is 3.76. The molecule has 1 saturated heterocycles. The Hall–Kier alpha value is -2.66. The SMILES string of the molecule is N#Cc1ccccc1NC(=O)c1c2c(nn1C1CCS(=O)(=O)C1)CCC2. The fraction of sp³-hybridized carbons (Fsp3) is 0.389. The van der Waals surface area contributed by atoms with Gasteiger partial charge in [0.25, 0.3) is 5.91 Å². The van der Waals surface area contributed by atoms with E-state index in [0.717, 1.165) is 30.5 Å². The number of nitriles is 1. The van der Waals surface area contributed by atoms with Crippen molar-refractivity contribution in [1.82, 2.24) is 9.78 Å². The van der Waals surface area contributed by atoms with Gasteiger partial charge in [0.05, 0.1) is 34.5 Å². The number of para-hydroxylation sites is 1. The van der Waals surface area contributed by atoms with Gasteiger partial charge in [0.2, 0.25) is 0 Å². The summed E-state index contributed by atoms with van der Waals surface area (Å²) in [5.41, 5.74) is 3.05. The minimum absolute atomic E-state index is 0.0165. The van der Waals surface area contributed by atoms with Gasteiger partial charge in [-0.25, -0.2) is 8.42 Å². The number of amides is 1. The van der Waals surface area contributed by atoms with Crippen LogP contribution in [0.4, 0.5) is 5.69 Å². The zero-order valence-corrected chi connectivity index (χ0v) is 14.9. The van der Waals surface area contributed by atoms with Gasteiger partial charge in [-0.2, -0.15) is 10.4 Å². The van der Waals surface area contributed by atoms with E-state index in [9.17, 15) is 18.5 Å². The standard InChI is InChI=1S/C18H18N4O3S/c19-10-12-4-1-2-6-15(12)20-18(23)17-14-5-3-7-16(14)21-22(17)13-8-9-26(24,25)11-13/h1-2,4,6,13H,3,5,7-9,11H2,(H,20,23). The number of hydrogen-bond acceptors (Lipinski definition) is 5. The predicted molar refractivity (Wildman–Crippen MR) is 95.7 cm³/mol. The molecule has 1 aromatic heterocycles. The molecule has 1 aliphatic heterocycles. The molecular formula is C18H18N4O3S. The first kappa shape index (κ1) is 16.8. The number of nitrogens with one attached hydrogen (secondary N) is 1. The second-order valence-electron chi connectivity index (χ2n) is 6.74. The Kier molecular flexibility index (Phi) is 4.04. The zero-order valence-electron chi connectivity index (χ0n) is 14.1. The molecule has 1 N–H and O–H groups in total. The first-order chi connectivity index (χ1) is 12.5. The van der Waals surface area contributed by atoms with Gasteiger partial charge >= 0.3 is 0 Å². The summed E-state index contributed by atoms with van der Waals surface area (Å²) in [6.45, 7) is 0. The zero-order chi connectivity index (χ0) is 18.3. The number of carbonyl (C=O) groups is 1. The second kappa shape index (κ2) is 6.25. The monoisotopic (exact) mass is 370 g/mol. The van der Waals surface area contributed by atoms with Crippen LogP contribution in [0.15, 0.2) is 24.3 Å². The van der Waals surface area contributed by atoms with E-state index >= 15 is 0 Å². The summed E-state index contributed by atoms with van der Waals surface area (Å²) in [6.07, 6.45) is 2.98. The van der Waals surface area contributed by atoms with E-state index in [-0.39, 0.29) is 23.5 Å². The highest BCUT2D eigenvalue weighted by molar-refractivity contribution is 7.91. The van der Waals surface area contributed by atoms with Crippen LogP contribution in [-0.2, 0) is 22.7 Å². The molecule has 0 spiro atoms. The Morgan fingerprint density at radius 3 is 2.85 bits per heavy atom. The number of carbonyl (C=O) groups excluding carboxylic acids is 1. The van der Waals surface area contributed by atoms with Gasteiger partial charge < -0.3 is 5.32 Å². The van der Waals surface area contributed by atoms with Crippen molar-refractivity contribution in [3.8, 4) is 6.07 Å². The quantitative estimate of drug-likeness (QED) is 0.888. The molecule has 134 valence electrons. The van der Waals surface area contributed by atoms with Crippen LogP contribution >= 0.6 is 0 Å². The Bertz CT molecular complexity index is 1030. The number of hydrogen-bond donors (Lipinski definition) is 1. The molecule has 8 heteroatoms. The van der Waals surface area contributed by atoms with E-state index in [1.54, 1.807) is 28.9 Å². The highest BCUT2D eigenvalue weighted by Crippen LogP contribution is 2.31. The molecule has 26 heavy (non-hydrogen) atoms. The van der Waals surface area contributed by atoms with Crippen molar-refractivity contribution in [2.24, 2.45) is 0 Å². The van der Waals surface area contributed by atoms with Gasteiger partial charge in [-0.05, 0) is 37.8 Å². The van der Waals surface area contributed by atoms with E-state index in [2.05, 4.69) is 16.5 Å². The van der Waals surface area contributed by atoms with Gasteiger partial charge in [0.15, 0.2) is 9.84 Å². The van der Waals surface area contributed by atoms with Crippen LogP contribution in [-0.4, -0.2) is 35.6 Å². The molecule has 1 fully saturated rings. The van der Waals surface area contributed by atoms with E-state index < -0.39 is 9.84 Å². The average Bonchev–Trinajstić information content (AvgIpc) is 3.28. The molecule has 1 unspecified atom stereocenters. The molecule has 1 atom stereocenters. The van der Waals surface area contributed by atoms with Crippen molar-refractivity contribution in [2.45, 2.75) is 31.7 Å². The summed E-state index contributed by atoms with van der Waals surface area (Å²) in [5, 5.41) is 16.6. The first-order valence-electron chi connectivity index (χ1n) is 8.59. The molecule has 1 amide bonds. The fourth-order valence-corrected chi connectivity index (χ4v) is 5.45. The minimum atomic E-state index is -3.08. The van der Waals surface area contributed by atoms with Gasteiger partial charge in [-0.1, -0.05) is 12.1 Å². The molecule has 1 aliphatic carbocycles. The maximum absolute atomic E-state index is 13.0. The van der Waals surface area contributed by atoms with Crippen molar-refractivity contribution in [2.75, 3.05) is 16.8 Å². The molecule has 2 aromatic rings. The third kappa shape index (κ3) is 2.88. The first-order valence-corrected chi connectivity index (χ1v) is 10.4. The van der Waals surface area contributed by atoms with Crippen LogP contribution in [0.5, 0.6) is 0 Å². The lowest BCUT2D eigenvalue weighted by Gasteiger charge is -2.15. The molecule has 7 nitrogen and oxygen atoms in total. The topological polar surface area (TPSA) is 105 Å². The predicted octanol–water partition coefficient (Wildman–Crippen LogP) is 1.86. The Morgan fingerprint density at radius 1 is 1.31 bits per heavy atom. The number of anilines is 1. The minimum Gasteiger partial charge on any atom is -0.319 e. The summed E-state index contributed by atoms with van der Waals surface area (Å²) in [7, 11) is -3.08. The van der Waals surface area contributed by atoms with Gasteiger partial charge in [-0.15, -0.1) is 0 Å². The summed E-state index contributed by atoms with van der Waals surface area (Å²) >= 11 is 0. The second-order valence-corrected chi connectivity index (χ2v) is 8.97. The Morgan fingerprint density at radius 2 is 2.12 bits per heavy atom. The maximum atomic E-state index is 13.0. The molecule has 0 radical (unpaired) electrons. The van der Waals surface area contributed by atoms with E-state index in [1.807, 2.05) is 0 Å².